The van der Waals surface area contributed by atoms with E-state index in [0.29, 0.717) is 0 Å². The summed E-state index contributed by atoms with van der Waals surface area (Å²) >= 11 is 0. The number of benzene rings is 2. The number of carbonyl (C=O) groups excluding carboxylic acids is 1. The molecule has 0 unspecified atom stereocenters. The summed E-state index contributed by atoms with van der Waals surface area (Å²) in [6.45, 7) is 3.58. The molecule has 2 aromatic carbocycles. The molecule has 0 saturated carbocycles. The van der Waals surface area contributed by atoms with Crippen molar-refractivity contribution in [1.82, 2.24) is 5.32 Å². The predicted octanol–water partition coefficient (Wildman–Crippen LogP) is 3.27. The van der Waals surface area contributed by atoms with E-state index < -0.39 is 23.8 Å². The second-order valence-electron chi connectivity index (χ2n) is 6.49. The van der Waals surface area contributed by atoms with Gasteiger partial charge >= 0.3 is 6.09 Å². The predicted molar refractivity (Wildman–Crippen MR) is 104 cm³/mol. The number of carbonyl (C=O) groups is 1. The van der Waals surface area contributed by atoms with Crippen LogP contribution >= 0.6 is 0 Å². The first kappa shape index (κ1) is 20.5. The lowest BCUT2D eigenvalue weighted by Gasteiger charge is -2.35. The monoisotopic (exact) mass is 367 g/mol. The highest BCUT2D eigenvalue weighted by Crippen LogP contribution is 2.19. The lowest BCUT2D eigenvalue weighted by molar-refractivity contribution is -0.0693. The quantitative estimate of drug-likeness (QED) is 0.703. The molecule has 2 rings (SSSR count). The van der Waals surface area contributed by atoms with Crippen LogP contribution in [0, 0.1) is 12.3 Å². The van der Waals surface area contributed by atoms with Crippen LogP contribution in [0.25, 0.3) is 0 Å². The van der Waals surface area contributed by atoms with Crippen molar-refractivity contribution in [2.24, 2.45) is 0 Å². The number of rotatable bonds is 8. The molecular weight excluding hydrogens is 342 g/mol. The number of ether oxygens (including phenoxy) is 2. The number of hydrogen-bond donors (Lipinski definition) is 2. The molecule has 0 aliphatic heterocycles. The van der Waals surface area contributed by atoms with Crippen LogP contribution in [0.2, 0.25) is 0 Å². The van der Waals surface area contributed by atoms with Gasteiger partial charge in [-0.15, -0.1) is 6.42 Å². The van der Waals surface area contributed by atoms with Gasteiger partial charge in [0.2, 0.25) is 0 Å². The van der Waals surface area contributed by atoms with E-state index >= 15 is 0 Å². The highest BCUT2D eigenvalue weighted by atomic mass is 16.5. The Balaban J connectivity index is 2.00. The summed E-state index contributed by atoms with van der Waals surface area (Å²) < 4.78 is 11.1. The van der Waals surface area contributed by atoms with E-state index in [0.717, 1.165) is 11.1 Å². The lowest BCUT2D eigenvalue weighted by Crippen LogP contribution is -2.58. The average Bonchev–Trinajstić information content (AvgIpc) is 2.68. The molecule has 0 radical (unpaired) electrons. The third kappa shape index (κ3) is 6.14. The van der Waals surface area contributed by atoms with Crippen LogP contribution in [0.1, 0.15) is 25.0 Å². The van der Waals surface area contributed by atoms with Crippen molar-refractivity contribution in [3.8, 4) is 12.3 Å². The van der Waals surface area contributed by atoms with Crippen molar-refractivity contribution < 1.29 is 19.4 Å². The minimum Gasteiger partial charge on any atom is -0.445 e. The standard InChI is InChI=1S/C22H25NO4/c1-4-22(3,23-21(25)27-16-19-13-9-6-10-14-19)20(17(2)24)26-15-18-11-7-5-8-12-18/h1,5-14,17,20,24H,15-16H2,2-3H3,(H,23,25)/t17-,20-,22+/m1/s1. The van der Waals surface area contributed by atoms with Gasteiger partial charge < -0.3 is 19.9 Å². The van der Waals surface area contributed by atoms with E-state index in [-0.39, 0.29) is 13.2 Å². The van der Waals surface area contributed by atoms with Crippen molar-refractivity contribution in [3.63, 3.8) is 0 Å². The van der Waals surface area contributed by atoms with E-state index in [1.165, 1.54) is 0 Å². The molecule has 5 nitrogen and oxygen atoms in total. The topological polar surface area (TPSA) is 67.8 Å². The molecule has 0 aliphatic rings. The molecule has 0 fully saturated rings. The third-order valence-corrected chi connectivity index (χ3v) is 4.15. The number of hydrogen-bond acceptors (Lipinski definition) is 4. The van der Waals surface area contributed by atoms with Crippen molar-refractivity contribution in [1.29, 1.82) is 0 Å². The Hall–Kier alpha value is -2.81. The molecule has 0 saturated heterocycles. The molecule has 0 heterocycles. The van der Waals surface area contributed by atoms with Gasteiger partial charge in [-0.1, -0.05) is 66.6 Å². The number of aliphatic hydroxyl groups excluding tert-OH is 1. The number of aliphatic hydroxyl groups is 1. The first-order chi connectivity index (χ1) is 12.9. The smallest absolute Gasteiger partial charge is 0.408 e. The normalized spacial score (nSPS) is 15.0. The number of amides is 1. The van der Waals surface area contributed by atoms with E-state index in [9.17, 15) is 9.90 Å². The molecule has 0 bridgehead atoms. The number of alkyl carbamates (subject to hydrolysis) is 1. The SMILES string of the molecule is C#C[C@](C)(NC(=O)OCc1ccccc1)[C@H](OCc1ccccc1)[C@@H](C)O. The zero-order valence-corrected chi connectivity index (χ0v) is 15.6. The van der Waals surface area contributed by atoms with Crippen LogP contribution < -0.4 is 5.32 Å². The van der Waals surface area contributed by atoms with E-state index in [1.54, 1.807) is 13.8 Å². The van der Waals surface area contributed by atoms with Gasteiger partial charge in [0.15, 0.2) is 0 Å². The van der Waals surface area contributed by atoms with E-state index in [1.807, 2.05) is 60.7 Å². The third-order valence-electron chi connectivity index (χ3n) is 4.15. The van der Waals surface area contributed by atoms with Crippen LogP contribution in [0.15, 0.2) is 60.7 Å². The minimum absolute atomic E-state index is 0.123. The fraction of sp³-hybridized carbons (Fsp3) is 0.318. The Kier molecular flexibility index (Phi) is 7.42. The van der Waals surface area contributed by atoms with Gasteiger partial charge in [0.05, 0.1) is 12.7 Å². The summed E-state index contributed by atoms with van der Waals surface area (Å²) in [5.74, 6) is 2.53. The molecule has 0 aromatic heterocycles. The maximum absolute atomic E-state index is 12.2. The number of terminal acetylenes is 1. The summed E-state index contributed by atoms with van der Waals surface area (Å²) in [5, 5.41) is 12.8. The molecule has 2 aromatic rings. The maximum Gasteiger partial charge on any atom is 0.408 e. The van der Waals surface area contributed by atoms with Gasteiger partial charge in [-0.3, -0.25) is 0 Å². The minimum atomic E-state index is -1.24. The van der Waals surface area contributed by atoms with Gasteiger partial charge in [0.25, 0.3) is 0 Å². The second-order valence-corrected chi connectivity index (χ2v) is 6.49. The van der Waals surface area contributed by atoms with Gasteiger partial charge in [-0.05, 0) is 25.0 Å². The van der Waals surface area contributed by atoms with Crippen molar-refractivity contribution in [2.45, 2.75) is 44.8 Å². The highest BCUT2D eigenvalue weighted by molar-refractivity contribution is 5.69. The Morgan fingerprint density at radius 2 is 1.63 bits per heavy atom. The maximum atomic E-state index is 12.2. The fourth-order valence-corrected chi connectivity index (χ4v) is 2.71. The lowest BCUT2D eigenvalue weighted by atomic mass is 9.92. The van der Waals surface area contributed by atoms with Crippen molar-refractivity contribution in [2.75, 3.05) is 0 Å². The molecule has 2 N–H and O–H groups in total. The van der Waals surface area contributed by atoms with Crippen LogP contribution in [0.4, 0.5) is 4.79 Å². The van der Waals surface area contributed by atoms with E-state index in [2.05, 4.69) is 11.2 Å². The van der Waals surface area contributed by atoms with Crippen LogP contribution in [0.5, 0.6) is 0 Å². The first-order valence-corrected chi connectivity index (χ1v) is 8.75. The molecular formula is C22H25NO4. The van der Waals surface area contributed by atoms with E-state index in [4.69, 9.17) is 15.9 Å². The molecule has 5 heteroatoms. The largest absolute Gasteiger partial charge is 0.445 e. The van der Waals surface area contributed by atoms with Gasteiger partial charge in [-0.2, -0.15) is 0 Å². The van der Waals surface area contributed by atoms with Crippen LogP contribution in [0.3, 0.4) is 0 Å². The molecule has 3 atom stereocenters. The van der Waals surface area contributed by atoms with Gasteiger partial charge in [0.1, 0.15) is 18.2 Å². The Labute approximate surface area is 160 Å². The average molecular weight is 367 g/mol. The Morgan fingerprint density at radius 1 is 1.11 bits per heavy atom. The van der Waals surface area contributed by atoms with Gasteiger partial charge in [0, 0.05) is 0 Å². The summed E-state index contributed by atoms with van der Waals surface area (Å²) in [7, 11) is 0. The second kappa shape index (κ2) is 9.77. The first-order valence-electron chi connectivity index (χ1n) is 8.75. The molecule has 142 valence electrons. The Bertz CT molecular complexity index is 755. The zero-order chi connectivity index (χ0) is 19.7. The van der Waals surface area contributed by atoms with Gasteiger partial charge in [-0.25, -0.2) is 4.79 Å². The summed E-state index contributed by atoms with van der Waals surface area (Å²) in [5.41, 5.74) is 0.563. The molecule has 0 spiro atoms. The van der Waals surface area contributed by atoms with Crippen molar-refractivity contribution >= 4 is 6.09 Å². The summed E-state index contributed by atoms with van der Waals surface area (Å²) in [6.07, 6.45) is 3.27. The fourth-order valence-electron chi connectivity index (χ4n) is 2.71. The highest BCUT2D eigenvalue weighted by Gasteiger charge is 2.38. The molecule has 27 heavy (non-hydrogen) atoms. The van der Waals surface area contributed by atoms with Crippen LogP contribution in [-0.4, -0.2) is 28.9 Å². The Morgan fingerprint density at radius 3 is 2.11 bits per heavy atom. The number of nitrogens with one attached hydrogen (secondary N) is 1. The van der Waals surface area contributed by atoms with Crippen LogP contribution in [-0.2, 0) is 22.7 Å². The summed E-state index contributed by atoms with van der Waals surface area (Å²) in [6, 6.07) is 18.9. The summed E-state index contributed by atoms with van der Waals surface area (Å²) in [4.78, 5) is 12.2. The zero-order valence-electron chi connectivity index (χ0n) is 15.6. The van der Waals surface area contributed by atoms with Crippen molar-refractivity contribution in [3.05, 3.63) is 71.8 Å². The molecule has 1 amide bonds. The molecule has 0 aliphatic carbocycles.